The topological polar surface area (TPSA) is 17.1 Å². The fraction of sp³-hybridized carbons (Fsp3) is 0.650. The van der Waals surface area contributed by atoms with Crippen LogP contribution < -0.4 is 0 Å². The second-order valence-electron chi connectivity index (χ2n) is 8.17. The molecule has 1 aromatic carbocycles. The lowest BCUT2D eigenvalue weighted by Crippen LogP contribution is -2.36. The first kappa shape index (κ1) is 14.8. The van der Waals surface area contributed by atoms with E-state index in [1.54, 1.807) is 0 Å². The van der Waals surface area contributed by atoms with Gasteiger partial charge in [-0.3, -0.25) is 4.79 Å². The molecule has 0 saturated heterocycles. The van der Waals surface area contributed by atoms with Crippen molar-refractivity contribution in [1.82, 2.24) is 0 Å². The summed E-state index contributed by atoms with van der Waals surface area (Å²) in [6, 6.07) is 8.71. The van der Waals surface area contributed by atoms with E-state index in [-0.39, 0.29) is 5.41 Å². The number of carbonyl (C=O) groups is 1. The van der Waals surface area contributed by atoms with Crippen LogP contribution in [0.2, 0.25) is 0 Å². The molecule has 0 spiro atoms. The summed E-state index contributed by atoms with van der Waals surface area (Å²) in [4.78, 5) is 12.4. The smallest absolute Gasteiger partial charge is 0.137 e. The molecule has 3 rings (SSSR count). The van der Waals surface area contributed by atoms with E-state index in [0.717, 1.165) is 6.42 Å². The maximum absolute atomic E-state index is 12.4. The minimum atomic E-state index is 0.261. The number of benzene rings is 1. The minimum absolute atomic E-state index is 0.261. The molecule has 0 radical (unpaired) electrons. The van der Waals surface area contributed by atoms with Crippen LogP contribution in [-0.4, -0.2) is 5.78 Å². The number of fused-ring (bicyclic) bond motifs is 2. The van der Waals surface area contributed by atoms with Crippen molar-refractivity contribution in [3.63, 3.8) is 0 Å². The summed E-state index contributed by atoms with van der Waals surface area (Å²) in [7, 11) is 0. The Morgan fingerprint density at radius 1 is 1.05 bits per heavy atom. The molecule has 0 aliphatic heterocycles. The molecule has 0 bridgehead atoms. The van der Waals surface area contributed by atoms with E-state index in [1.807, 2.05) is 0 Å². The number of Topliss-reactive ketones (excluding diaryl/α,β-unsaturated/α-hetero) is 1. The zero-order chi connectivity index (χ0) is 15.0. The van der Waals surface area contributed by atoms with Crippen molar-refractivity contribution >= 4 is 5.78 Å². The molecule has 114 valence electrons. The molecule has 0 aromatic heterocycles. The van der Waals surface area contributed by atoms with E-state index in [2.05, 4.69) is 45.0 Å². The quantitative estimate of drug-likeness (QED) is 0.645. The van der Waals surface area contributed by atoms with Crippen LogP contribution in [0.25, 0.3) is 0 Å². The van der Waals surface area contributed by atoms with Crippen molar-refractivity contribution in [1.29, 1.82) is 0 Å². The van der Waals surface area contributed by atoms with Crippen LogP contribution >= 0.6 is 0 Å². The van der Waals surface area contributed by atoms with Crippen LogP contribution in [0.15, 0.2) is 24.3 Å². The van der Waals surface area contributed by atoms with Gasteiger partial charge in [-0.1, -0.05) is 57.9 Å². The van der Waals surface area contributed by atoms with E-state index in [1.165, 1.54) is 36.8 Å². The molecular formula is C20H28O. The first-order chi connectivity index (χ1) is 9.97. The van der Waals surface area contributed by atoms with Gasteiger partial charge in [0.05, 0.1) is 0 Å². The fourth-order valence-corrected chi connectivity index (χ4v) is 4.84. The second-order valence-corrected chi connectivity index (χ2v) is 8.17. The van der Waals surface area contributed by atoms with Gasteiger partial charge < -0.3 is 0 Å². The van der Waals surface area contributed by atoms with Gasteiger partial charge in [-0.25, -0.2) is 0 Å². The van der Waals surface area contributed by atoms with E-state index < -0.39 is 0 Å². The first-order valence-electron chi connectivity index (χ1n) is 8.56. The lowest BCUT2D eigenvalue weighted by molar-refractivity contribution is -0.120. The summed E-state index contributed by atoms with van der Waals surface area (Å²) in [5.74, 6) is 2.34. The Balaban J connectivity index is 2.11. The lowest BCUT2D eigenvalue weighted by Gasteiger charge is -2.45. The van der Waals surface area contributed by atoms with E-state index in [9.17, 15) is 4.79 Å². The Morgan fingerprint density at radius 3 is 2.52 bits per heavy atom. The molecule has 2 aliphatic rings. The average Bonchev–Trinajstić information content (AvgIpc) is 2.39. The third kappa shape index (κ3) is 2.93. The fourth-order valence-electron chi connectivity index (χ4n) is 4.84. The van der Waals surface area contributed by atoms with Gasteiger partial charge in [0.2, 0.25) is 0 Å². The van der Waals surface area contributed by atoms with E-state index >= 15 is 0 Å². The molecule has 0 heterocycles. The molecule has 21 heavy (non-hydrogen) atoms. The minimum Gasteiger partial charge on any atom is -0.299 e. The lowest BCUT2D eigenvalue weighted by atomic mass is 9.59. The largest absolute Gasteiger partial charge is 0.299 e. The van der Waals surface area contributed by atoms with E-state index in [0.29, 0.717) is 30.0 Å². The number of carbonyl (C=O) groups excluding carboxylic acids is 1. The Kier molecular flexibility index (Phi) is 3.94. The molecule has 3 unspecified atom stereocenters. The molecule has 1 aromatic rings. The summed E-state index contributed by atoms with van der Waals surface area (Å²) in [5.41, 5.74) is 3.00. The zero-order valence-electron chi connectivity index (χ0n) is 13.7. The van der Waals surface area contributed by atoms with Crippen LogP contribution in [0.3, 0.4) is 0 Å². The van der Waals surface area contributed by atoms with Crippen LogP contribution in [0.1, 0.15) is 69.9 Å². The molecule has 1 fully saturated rings. The van der Waals surface area contributed by atoms with Crippen LogP contribution in [0, 0.1) is 17.3 Å². The molecule has 1 nitrogen and oxygen atoms in total. The van der Waals surface area contributed by atoms with Gasteiger partial charge in [0.15, 0.2) is 0 Å². The Morgan fingerprint density at radius 2 is 1.76 bits per heavy atom. The average molecular weight is 284 g/mol. The summed E-state index contributed by atoms with van der Waals surface area (Å²) >= 11 is 0. The van der Waals surface area contributed by atoms with Gasteiger partial charge in [-0.05, 0) is 47.1 Å². The summed E-state index contributed by atoms with van der Waals surface area (Å²) in [6.07, 6.45) is 6.66. The number of hydrogen-bond donors (Lipinski definition) is 0. The Hall–Kier alpha value is -1.11. The zero-order valence-corrected chi connectivity index (χ0v) is 13.7. The standard InChI is InChI=1S/C20H28O/c1-20(2,3)19-17-10-6-4-8-14(17)12-16(21)13-15-9-5-7-11-18(15)19/h4,6,8,10,15,18-19H,5,7,9,11-13H2,1-3H3. The summed E-state index contributed by atoms with van der Waals surface area (Å²) in [6.45, 7) is 7.14. The van der Waals surface area contributed by atoms with Gasteiger partial charge in [0.1, 0.15) is 5.78 Å². The highest BCUT2D eigenvalue weighted by atomic mass is 16.1. The third-order valence-corrected chi connectivity index (χ3v) is 5.60. The number of ketones is 1. The van der Waals surface area contributed by atoms with Crippen LogP contribution in [-0.2, 0) is 11.2 Å². The Bertz CT molecular complexity index is 523. The predicted molar refractivity (Wildman–Crippen MR) is 87.4 cm³/mol. The van der Waals surface area contributed by atoms with Gasteiger partial charge in [-0.15, -0.1) is 0 Å². The third-order valence-electron chi connectivity index (χ3n) is 5.60. The van der Waals surface area contributed by atoms with Gasteiger partial charge in [0, 0.05) is 12.8 Å². The van der Waals surface area contributed by atoms with Gasteiger partial charge in [0.25, 0.3) is 0 Å². The van der Waals surface area contributed by atoms with Crippen molar-refractivity contribution in [2.24, 2.45) is 17.3 Å². The molecule has 3 atom stereocenters. The highest BCUT2D eigenvalue weighted by molar-refractivity contribution is 5.82. The maximum atomic E-state index is 12.4. The highest BCUT2D eigenvalue weighted by Crippen LogP contribution is 2.51. The van der Waals surface area contributed by atoms with Crippen molar-refractivity contribution in [3.8, 4) is 0 Å². The van der Waals surface area contributed by atoms with Gasteiger partial charge >= 0.3 is 0 Å². The van der Waals surface area contributed by atoms with Crippen LogP contribution in [0.5, 0.6) is 0 Å². The molecule has 2 aliphatic carbocycles. The molecule has 1 saturated carbocycles. The molecule has 0 N–H and O–H groups in total. The molecule has 0 amide bonds. The second kappa shape index (κ2) is 5.59. The monoisotopic (exact) mass is 284 g/mol. The highest BCUT2D eigenvalue weighted by Gasteiger charge is 2.41. The van der Waals surface area contributed by atoms with E-state index in [4.69, 9.17) is 0 Å². The molecular weight excluding hydrogens is 256 g/mol. The normalized spacial score (nSPS) is 30.0. The summed E-state index contributed by atoms with van der Waals surface area (Å²) < 4.78 is 0. The Labute approximate surface area is 129 Å². The van der Waals surface area contributed by atoms with Gasteiger partial charge in [-0.2, -0.15) is 0 Å². The van der Waals surface area contributed by atoms with Crippen LogP contribution in [0.4, 0.5) is 0 Å². The molecule has 1 heteroatoms. The van der Waals surface area contributed by atoms with Crippen molar-refractivity contribution in [2.75, 3.05) is 0 Å². The first-order valence-corrected chi connectivity index (χ1v) is 8.56. The van der Waals surface area contributed by atoms with Crippen molar-refractivity contribution in [3.05, 3.63) is 35.4 Å². The van der Waals surface area contributed by atoms with Crippen molar-refractivity contribution < 1.29 is 4.79 Å². The number of hydrogen-bond acceptors (Lipinski definition) is 1. The van der Waals surface area contributed by atoms with Crippen molar-refractivity contribution in [2.45, 2.75) is 65.2 Å². The SMILES string of the molecule is CC(C)(C)C1c2ccccc2CC(=O)CC2CCCCC21. The summed E-state index contributed by atoms with van der Waals surface area (Å²) in [5, 5.41) is 0. The maximum Gasteiger partial charge on any atom is 0.137 e. The predicted octanol–water partition coefficient (Wildman–Crippen LogP) is 5.14. The number of rotatable bonds is 0.